The van der Waals surface area contributed by atoms with E-state index < -0.39 is 30.1 Å². The molecule has 0 spiro atoms. The van der Waals surface area contributed by atoms with E-state index in [1.165, 1.54) is 11.1 Å². The first kappa shape index (κ1) is 21.7. The van der Waals surface area contributed by atoms with Crippen LogP contribution in [0.5, 0.6) is 0 Å². The minimum Gasteiger partial charge on any atom is -0.618 e. The van der Waals surface area contributed by atoms with Crippen molar-refractivity contribution in [3.63, 3.8) is 0 Å². The highest BCUT2D eigenvalue weighted by Gasteiger charge is 2.38. The molecule has 0 saturated carbocycles. The first-order chi connectivity index (χ1) is 15.3. The third-order valence-electron chi connectivity index (χ3n) is 5.82. The molecule has 1 unspecified atom stereocenters. The molecule has 168 valence electrons. The Morgan fingerprint density at radius 3 is 2.75 bits per heavy atom. The molecule has 0 bridgehead atoms. The van der Waals surface area contributed by atoms with Gasteiger partial charge in [0.1, 0.15) is 6.54 Å². The number of allylic oxidation sites excluding steroid dienone is 2. The topological polar surface area (TPSA) is 135 Å². The fourth-order valence-electron chi connectivity index (χ4n) is 3.95. The Bertz CT molecular complexity index is 1060. The van der Waals surface area contributed by atoms with Gasteiger partial charge < -0.3 is 25.6 Å². The molecule has 32 heavy (non-hydrogen) atoms. The zero-order chi connectivity index (χ0) is 22.8. The van der Waals surface area contributed by atoms with Gasteiger partial charge in [-0.2, -0.15) is 9.83 Å². The molecule has 0 aromatic carbocycles. The predicted molar refractivity (Wildman–Crippen MR) is 112 cm³/mol. The number of aliphatic hydroxyl groups is 2. The standard InChI is InChI=1S/C22H25N5O5/c1-14(15-5-7-17(8-6-15)26-10-3-9-23-26)24-21(30)19(28)20(29)22(31)25-12-16-4-2-11-27(32)18(16)13-25/h2-7,9-11,14,17,19-20,28-29H,8,12-13H2,1H3,(H,24,30)/t14-,17?,19-,20-/m1/s1. The Hall–Kier alpha value is -3.50. The predicted octanol–water partition coefficient (Wildman–Crippen LogP) is -0.287. The van der Waals surface area contributed by atoms with Gasteiger partial charge >= 0.3 is 0 Å². The van der Waals surface area contributed by atoms with Crippen molar-refractivity contribution in [3.05, 3.63) is 77.1 Å². The average molecular weight is 439 g/mol. The number of hydrogen-bond donors (Lipinski definition) is 3. The Labute approximate surface area is 184 Å². The van der Waals surface area contributed by atoms with Crippen molar-refractivity contribution in [1.29, 1.82) is 0 Å². The van der Waals surface area contributed by atoms with E-state index >= 15 is 0 Å². The van der Waals surface area contributed by atoms with Gasteiger partial charge in [0.15, 0.2) is 18.4 Å². The molecule has 2 aromatic rings. The molecule has 2 aliphatic rings. The lowest BCUT2D eigenvalue weighted by molar-refractivity contribution is -0.614. The lowest BCUT2D eigenvalue weighted by Crippen LogP contribution is -2.51. The Morgan fingerprint density at radius 1 is 1.28 bits per heavy atom. The summed E-state index contributed by atoms with van der Waals surface area (Å²) in [5.41, 5.74) is 1.93. The summed E-state index contributed by atoms with van der Waals surface area (Å²) in [7, 11) is 0. The maximum atomic E-state index is 12.6. The van der Waals surface area contributed by atoms with Crippen molar-refractivity contribution in [3.8, 4) is 0 Å². The maximum absolute atomic E-state index is 12.6. The third kappa shape index (κ3) is 4.27. The highest BCUT2D eigenvalue weighted by molar-refractivity contribution is 5.91. The van der Waals surface area contributed by atoms with Gasteiger partial charge in [-0.05, 0) is 31.1 Å². The van der Waals surface area contributed by atoms with Gasteiger partial charge in [0.05, 0.1) is 18.6 Å². The summed E-state index contributed by atoms with van der Waals surface area (Å²) in [6.45, 7) is 1.90. The lowest BCUT2D eigenvalue weighted by atomic mass is 9.98. The fraction of sp³-hybridized carbons (Fsp3) is 0.364. The molecule has 4 atom stereocenters. The largest absolute Gasteiger partial charge is 0.618 e. The third-order valence-corrected chi connectivity index (χ3v) is 5.82. The SMILES string of the molecule is C[C@@H](NC(=O)[C@H](O)[C@@H](O)C(=O)N1Cc2ccc[n+]([O-])c2C1)C1=CCC(n2cccn2)C=C1. The number of carbonyl (C=O) groups excluding carboxylic acids is 2. The highest BCUT2D eigenvalue weighted by atomic mass is 16.5. The molecule has 1 aliphatic carbocycles. The van der Waals surface area contributed by atoms with Crippen LogP contribution in [0.25, 0.3) is 0 Å². The van der Waals surface area contributed by atoms with E-state index in [9.17, 15) is 25.0 Å². The van der Waals surface area contributed by atoms with Crippen molar-refractivity contribution < 1.29 is 24.5 Å². The molecule has 2 aromatic heterocycles. The van der Waals surface area contributed by atoms with E-state index in [0.717, 1.165) is 5.57 Å². The van der Waals surface area contributed by atoms with Crippen LogP contribution in [-0.2, 0) is 22.7 Å². The van der Waals surface area contributed by atoms with E-state index in [0.29, 0.717) is 22.4 Å². The number of nitrogens with zero attached hydrogens (tertiary/aromatic N) is 4. The van der Waals surface area contributed by atoms with Gasteiger partial charge in [0.2, 0.25) is 5.69 Å². The molecule has 0 saturated heterocycles. The number of aromatic nitrogens is 3. The van der Waals surface area contributed by atoms with E-state index in [4.69, 9.17) is 0 Å². The van der Waals surface area contributed by atoms with Gasteiger partial charge in [0.25, 0.3) is 11.8 Å². The Balaban J connectivity index is 1.32. The monoisotopic (exact) mass is 439 g/mol. The van der Waals surface area contributed by atoms with Crippen LogP contribution in [0.15, 0.2) is 60.6 Å². The van der Waals surface area contributed by atoms with Gasteiger partial charge in [0, 0.05) is 24.0 Å². The van der Waals surface area contributed by atoms with E-state index in [2.05, 4.69) is 10.4 Å². The van der Waals surface area contributed by atoms with Crippen molar-refractivity contribution >= 4 is 11.8 Å². The second-order valence-electron chi connectivity index (χ2n) is 7.97. The van der Waals surface area contributed by atoms with Crippen LogP contribution in [0, 0.1) is 5.21 Å². The van der Waals surface area contributed by atoms with Crippen molar-refractivity contribution in [2.24, 2.45) is 0 Å². The lowest BCUT2D eigenvalue weighted by Gasteiger charge is -2.25. The normalized spacial score (nSPS) is 20.3. The minimum absolute atomic E-state index is 0.00933. The smallest absolute Gasteiger partial charge is 0.255 e. The van der Waals surface area contributed by atoms with Crippen molar-refractivity contribution in [2.75, 3.05) is 0 Å². The fourth-order valence-corrected chi connectivity index (χ4v) is 3.95. The molecule has 3 heterocycles. The van der Waals surface area contributed by atoms with Gasteiger partial charge in [-0.25, -0.2) is 0 Å². The first-order valence-electron chi connectivity index (χ1n) is 10.4. The molecule has 10 heteroatoms. The second-order valence-corrected chi connectivity index (χ2v) is 7.97. The first-order valence-corrected chi connectivity index (χ1v) is 10.4. The van der Waals surface area contributed by atoms with Crippen LogP contribution in [0.4, 0.5) is 0 Å². The molecule has 0 fully saturated rings. The Morgan fingerprint density at radius 2 is 2.09 bits per heavy atom. The molecule has 0 radical (unpaired) electrons. The van der Waals surface area contributed by atoms with Gasteiger partial charge in [-0.15, -0.1) is 0 Å². The van der Waals surface area contributed by atoms with Crippen LogP contribution in [-0.4, -0.2) is 55.0 Å². The molecule has 10 nitrogen and oxygen atoms in total. The summed E-state index contributed by atoms with van der Waals surface area (Å²) in [6.07, 6.45) is 7.60. The van der Waals surface area contributed by atoms with Crippen molar-refractivity contribution in [2.45, 2.75) is 50.7 Å². The molecular weight excluding hydrogens is 414 g/mol. The molecule has 1 aliphatic heterocycles. The van der Waals surface area contributed by atoms with E-state index in [1.54, 1.807) is 25.3 Å². The number of pyridine rings is 1. The minimum atomic E-state index is -1.93. The quantitative estimate of drug-likeness (QED) is 0.418. The Kier molecular flexibility index (Phi) is 6.06. The zero-order valence-corrected chi connectivity index (χ0v) is 17.5. The highest BCUT2D eigenvalue weighted by Crippen LogP contribution is 2.23. The molecule has 4 rings (SSSR count). The summed E-state index contributed by atoms with van der Waals surface area (Å²) in [5.74, 6) is -1.66. The average Bonchev–Trinajstić information content (AvgIpc) is 3.48. The van der Waals surface area contributed by atoms with Crippen LogP contribution in [0.3, 0.4) is 0 Å². The molecular formula is C22H25N5O5. The summed E-state index contributed by atoms with van der Waals surface area (Å²) < 4.78 is 2.51. The van der Waals surface area contributed by atoms with E-state index in [1.807, 2.05) is 35.2 Å². The molecule has 3 N–H and O–H groups in total. The summed E-state index contributed by atoms with van der Waals surface area (Å²) in [5, 5.41) is 39.3. The van der Waals surface area contributed by atoms with Gasteiger partial charge in [-0.3, -0.25) is 14.3 Å². The number of nitrogens with one attached hydrogen (secondary N) is 1. The summed E-state index contributed by atoms with van der Waals surface area (Å²) in [4.78, 5) is 26.3. The number of carbonyl (C=O) groups is 2. The van der Waals surface area contributed by atoms with Crippen molar-refractivity contribution in [1.82, 2.24) is 20.0 Å². The van der Waals surface area contributed by atoms with Gasteiger partial charge in [-0.1, -0.05) is 18.2 Å². The second kappa shape index (κ2) is 8.93. The summed E-state index contributed by atoms with van der Waals surface area (Å²) in [6, 6.07) is 4.81. The molecule has 2 amide bonds. The van der Waals surface area contributed by atoms with Crippen LogP contribution in [0.2, 0.25) is 0 Å². The summed E-state index contributed by atoms with van der Waals surface area (Å²) >= 11 is 0. The van der Waals surface area contributed by atoms with E-state index in [-0.39, 0.29) is 19.1 Å². The van der Waals surface area contributed by atoms with Crippen LogP contribution >= 0.6 is 0 Å². The number of aliphatic hydroxyl groups excluding tert-OH is 2. The number of hydrogen-bond acceptors (Lipinski definition) is 6. The number of amides is 2. The number of rotatable bonds is 6. The van der Waals surface area contributed by atoms with Crippen LogP contribution in [0.1, 0.15) is 30.6 Å². The zero-order valence-electron chi connectivity index (χ0n) is 17.5. The number of fused-ring (bicyclic) bond motifs is 1. The van der Waals surface area contributed by atoms with Crippen LogP contribution < -0.4 is 10.0 Å². The maximum Gasteiger partial charge on any atom is 0.255 e.